The molecule has 1 N–H and O–H groups in total. The summed E-state index contributed by atoms with van der Waals surface area (Å²) in [5.74, 6) is 0.373. The maximum absolute atomic E-state index is 7.51. The lowest BCUT2D eigenvalue weighted by Crippen LogP contribution is -2.22. The maximum atomic E-state index is 7.51. The molecule has 0 aliphatic rings. The highest BCUT2D eigenvalue weighted by Gasteiger charge is 2.02. The molecule has 1 rings (SSSR count). The molecule has 4 nitrogen and oxygen atoms in total. The summed E-state index contributed by atoms with van der Waals surface area (Å²) in [5.41, 5.74) is 0.595. The van der Waals surface area contributed by atoms with Gasteiger partial charge in [-0.1, -0.05) is 0 Å². The summed E-state index contributed by atoms with van der Waals surface area (Å²) in [5, 5.41) is 7.51. The van der Waals surface area contributed by atoms with Gasteiger partial charge in [0.05, 0.1) is 6.20 Å². The van der Waals surface area contributed by atoms with Crippen LogP contribution in [0.4, 0.5) is 0 Å². The van der Waals surface area contributed by atoms with Crippen LogP contribution in [-0.2, 0) is 0 Å². The lowest BCUT2D eigenvalue weighted by Gasteiger charge is -2.11. The van der Waals surface area contributed by atoms with E-state index in [1.54, 1.807) is 37.6 Å². The quantitative estimate of drug-likeness (QED) is 0.464. The molecule has 11 heavy (non-hydrogen) atoms. The zero-order valence-electron chi connectivity index (χ0n) is 6.57. The average Bonchev–Trinajstić information content (AvgIpc) is 2.05. The second kappa shape index (κ2) is 3.09. The van der Waals surface area contributed by atoms with Gasteiger partial charge in [0.25, 0.3) is 0 Å². The van der Waals surface area contributed by atoms with Crippen molar-refractivity contribution < 1.29 is 0 Å². The number of nitrogens with zero attached hydrogens (tertiary/aromatic N) is 3. The predicted molar refractivity (Wildman–Crippen MR) is 42.5 cm³/mol. The second-order valence-electron chi connectivity index (χ2n) is 2.33. The Kier molecular flexibility index (Phi) is 2.15. The largest absolute Gasteiger partial charge is 0.361 e. The second-order valence-corrected chi connectivity index (χ2v) is 2.33. The first-order valence-corrected chi connectivity index (χ1v) is 3.24. The first kappa shape index (κ1) is 7.65. The Morgan fingerprint density at radius 1 is 1.45 bits per heavy atom. The van der Waals surface area contributed by atoms with Crippen molar-refractivity contribution in [1.82, 2.24) is 14.9 Å². The van der Waals surface area contributed by atoms with E-state index in [0.29, 0.717) is 11.5 Å². The Bertz CT molecular complexity index is 242. The molecular weight excluding hydrogens is 140 g/mol. The van der Waals surface area contributed by atoms with Gasteiger partial charge in [0.1, 0.15) is 11.5 Å². The monoisotopic (exact) mass is 150 g/mol. The topological polar surface area (TPSA) is 52.9 Å². The van der Waals surface area contributed by atoms with E-state index in [-0.39, 0.29) is 0 Å². The van der Waals surface area contributed by atoms with Gasteiger partial charge in [-0.15, -0.1) is 0 Å². The molecule has 1 heterocycles. The van der Waals surface area contributed by atoms with Crippen LogP contribution < -0.4 is 0 Å². The fourth-order valence-electron chi connectivity index (χ4n) is 0.650. The molecule has 0 saturated heterocycles. The molecule has 0 spiro atoms. The van der Waals surface area contributed by atoms with Crippen molar-refractivity contribution in [2.75, 3.05) is 14.1 Å². The van der Waals surface area contributed by atoms with Gasteiger partial charge in [-0.25, -0.2) is 4.98 Å². The van der Waals surface area contributed by atoms with Crippen LogP contribution in [-0.4, -0.2) is 34.8 Å². The van der Waals surface area contributed by atoms with E-state index in [4.69, 9.17) is 5.41 Å². The van der Waals surface area contributed by atoms with Crippen LogP contribution in [0.3, 0.4) is 0 Å². The van der Waals surface area contributed by atoms with E-state index in [0.717, 1.165) is 0 Å². The molecule has 4 heteroatoms. The van der Waals surface area contributed by atoms with Crippen LogP contribution in [0, 0.1) is 5.41 Å². The molecule has 58 valence electrons. The van der Waals surface area contributed by atoms with Crippen LogP contribution >= 0.6 is 0 Å². The van der Waals surface area contributed by atoms with Crippen molar-refractivity contribution in [2.24, 2.45) is 0 Å². The smallest absolute Gasteiger partial charge is 0.148 e. The molecule has 1 aromatic rings. The van der Waals surface area contributed by atoms with E-state index in [1.807, 2.05) is 0 Å². The highest BCUT2D eigenvalue weighted by molar-refractivity contribution is 5.93. The number of rotatable bonds is 1. The van der Waals surface area contributed by atoms with Crippen molar-refractivity contribution in [2.45, 2.75) is 0 Å². The van der Waals surface area contributed by atoms with Crippen molar-refractivity contribution in [3.8, 4) is 0 Å². The molecule has 0 saturated carbocycles. The molecule has 0 amide bonds. The molecule has 0 fully saturated rings. The van der Waals surface area contributed by atoms with E-state index < -0.39 is 0 Å². The van der Waals surface area contributed by atoms with Crippen molar-refractivity contribution in [3.05, 3.63) is 24.3 Å². The molecule has 0 atom stereocenters. The van der Waals surface area contributed by atoms with E-state index in [2.05, 4.69) is 9.97 Å². The van der Waals surface area contributed by atoms with Crippen molar-refractivity contribution in [3.63, 3.8) is 0 Å². The summed E-state index contributed by atoms with van der Waals surface area (Å²) in [7, 11) is 3.61. The Balaban J connectivity index is 2.86. The summed E-state index contributed by atoms with van der Waals surface area (Å²) in [4.78, 5) is 9.51. The van der Waals surface area contributed by atoms with E-state index >= 15 is 0 Å². The number of aromatic nitrogens is 2. The Morgan fingerprint density at radius 2 is 2.18 bits per heavy atom. The zero-order chi connectivity index (χ0) is 8.27. The lowest BCUT2D eigenvalue weighted by molar-refractivity contribution is 0.616. The van der Waals surface area contributed by atoms with E-state index in [1.165, 1.54) is 0 Å². The van der Waals surface area contributed by atoms with E-state index in [9.17, 15) is 0 Å². The van der Waals surface area contributed by atoms with Gasteiger partial charge in [0.2, 0.25) is 0 Å². The molecule has 0 radical (unpaired) electrons. The third-order valence-electron chi connectivity index (χ3n) is 1.25. The molecule has 0 aromatic carbocycles. The SMILES string of the molecule is CN(C)C(=N)c1cnccn1. The normalized spacial score (nSPS) is 9.27. The van der Waals surface area contributed by atoms with Crippen LogP contribution in [0.1, 0.15) is 5.69 Å². The van der Waals surface area contributed by atoms with Gasteiger partial charge in [-0.3, -0.25) is 10.4 Å². The molecule has 0 bridgehead atoms. The standard InChI is InChI=1S/C7H10N4/c1-11(2)7(8)6-5-9-3-4-10-6/h3-5,8H,1-2H3. The van der Waals surface area contributed by atoms with Crippen LogP contribution in [0.15, 0.2) is 18.6 Å². The van der Waals surface area contributed by atoms with Gasteiger partial charge >= 0.3 is 0 Å². The van der Waals surface area contributed by atoms with Crippen LogP contribution in [0.2, 0.25) is 0 Å². The van der Waals surface area contributed by atoms with Crippen LogP contribution in [0.5, 0.6) is 0 Å². The third-order valence-corrected chi connectivity index (χ3v) is 1.25. The molecule has 0 aliphatic carbocycles. The van der Waals surface area contributed by atoms with Gasteiger partial charge in [-0.2, -0.15) is 0 Å². The number of amidine groups is 1. The summed E-state index contributed by atoms with van der Waals surface area (Å²) < 4.78 is 0. The van der Waals surface area contributed by atoms with Crippen LogP contribution in [0.25, 0.3) is 0 Å². The minimum Gasteiger partial charge on any atom is -0.361 e. The Morgan fingerprint density at radius 3 is 2.64 bits per heavy atom. The summed E-state index contributed by atoms with van der Waals surface area (Å²) >= 11 is 0. The molecular formula is C7H10N4. The molecule has 0 unspecified atom stereocenters. The molecule has 1 aromatic heterocycles. The summed E-state index contributed by atoms with van der Waals surface area (Å²) in [6, 6.07) is 0. The molecule has 0 aliphatic heterocycles. The van der Waals surface area contributed by atoms with Gasteiger partial charge < -0.3 is 4.90 Å². The maximum Gasteiger partial charge on any atom is 0.148 e. The van der Waals surface area contributed by atoms with Crippen molar-refractivity contribution in [1.29, 1.82) is 5.41 Å². The summed E-state index contributed by atoms with van der Waals surface area (Å²) in [6.07, 6.45) is 4.74. The first-order chi connectivity index (χ1) is 5.22. The van der Waals surface area contributed by atoms with Crippen molar-refractivity contribution >= 4 is 5.84 Å². The minimum absolute atomic E-state index is 0.373. The zero-order valence-corrected chi connectivity index (χ0v) is 6.57. The van der Waals surface area contributed by atoms with Gasteiger partial charge in [0.15, 0.2) is 0 Å². The number of hydrogen-bond acceptors (Lipinski definition) is 3. The highest BCUT2D eigenvalue weighted by Crippen LogP contribution is 1.93. The van der Waals surface area contributed by atoms with Gasteiger partial charge in [-0.05, 0) is 0 Å². The van der Waals surface area contributed by atoms with Gasteiger partial charge in [0, 0.05) is 26.5 Å². The minimum atomic E-state index is 0.373. The highest BCUT2D eigenvalue weighted by atomic mass is 15.1. The predicted octanol–water partition coefficient (Wildman–Crippen LogP) is 0.364. The average molecular weight is 150 g/mol. The third kappa shape index (κ3) is 1.73. The Hall–Kier alpha value is -1.45. The lowest BCUT2D eigenvalue weighted by atomic mass is 10.4. The number of nitrogens with one attached hydrogen (secondary N) is 1. The summed E-state index contributed by atoms with van der Waals surface area (Å²) in [6.45, 7) is 0. The Labute approximate surface area is 65.4 Å². The number of hydrogen-bond donors (Lipinski definition) is 1. The fourth-order valence-corrected chi connectivity index (χ4v) is 0.650. The first-order valence-electron chi connectivity index (χ1n) is 3.24. The fraction of sp³-hybridized carbons (Fsp3) is 0.286.